The van der Waals surface area contributed by atoms with Gasteiger partial charge in [0.2, 0.25) is 0 Å². The maximum absolute atomic E-state index is 7.41. The van der Waals surface area contributed by atoms with E-state index in [1.54, 1.807) is 0 Å². The third-order valence-corrected chi connectivity index (χ3v) is 18.7. The first-order valence-corrected chi connectivity index (χ1v) is 33.5. The van der Waals surface area contributed by atoms with Gasteiger partial charge in [0, 0.05) is 39.3 Å². The van der Waals surface area contributed by atoms with Gasteiger partial charge in [-0.2, -0.15) is 0 Å². The summed E-state index contributed by atoms with van der Waals surface area (Å²) in [6.45, 7) is 41.8. The van der Waals surface area contributed by atoms with Crippen molar-refractivity contribution in [3.05, 3.63) is 276 Å². The minimum atomic E-state index is -0.123. The molecule has 470 valence electrons. The van der Waals surface area contributed by atoms with Crippen LogP contribution in [-0.4, -0.2) is 4.57 Å². The fraction of sp³-hybridized carbons (Fsp3) is 0.267. The summed E-state index contributed by atoms with van der Waals surface area (Å²) >= 11 is 0. The highest BCUT2D eigenvalue weighted by Crippen LogP contribution is 2.54. The molecule has 0 aliphatic rings. The molecule has 0 aliphatic heterocycles. The predicted molar refractivity (Wildman–Crippen MR) is 401 cm³/mol. The molecule has 0 fully saturated rings. The largest absolute Gasteiger partial charge is 0.457 e. The van der Waals surface area contributed by atoms with Crippen LogP contribution in [0.5, 0.6) is 11.5 Å². The minimum absolute atomic E-state index is 0.0132. The summed E-state index contributed by atoms with van der Waals surface area (Å²) in [5, 5.41) is 2.35. The quantitative estimate of drug-likeness (QED) is 0.128. The highest BCUT2D eigenvalue weighted by atomic mass is 16.5. The van der Waals surface area contributed by atoms with E-state index >= 15 is 0 Å². The van der Waals surface area contributed by atoms with Gasteiger partial charge < -0.3 is 14.2 Å². The number of hydrogen-bond donors (Lipinski definition) is 0. The van der Waals surface area contributed by atoms with Crippen molar-refractivity contribution < 1.29 is 4.74 Å². The molecule has 0 spiro atoms. The van der Waals surface area contributed by atoms with E-state index in [1.165, 1.54) is 55.3 Å². The van der Waals surface area contributed by atoms with Gasteiger partial charge in [-0.3, -0.25) is 0 Å². The molecule has 3 heteroatoms. The van der Waals surface area contributed by atoms with Crippen LogP contribution in [0.15, 0.2) is 243 Å². The lowest BCUT2D eigenvalue weighted by Gasteiger charge is -2.32. The molecular formula is C90H94N2O. The van der Waals surface area contributed by atoms with Crippen LogP contribution in [0.25, 0.3) is 83.1 Å². The Morgan fingerprint density at radius 1 is 0.280 bits per heavy atom. The second-order valence-electron chi connectivity index (χ2n) is 32.1. The Morgan fingerprint density at radius 3 is 1.18 bits per heavy atom. The first kappa shape index (κ1) is 63.9. The number of fused-ring (bicyclic) bond motifs is 3. The highest BCUT2D eigenvalue weighted by Gasteiger charge is 2.31. The number of benzene rings is 11. The molecule has 0 saturated heterocycles. The number of ether oxygens (including phenoxy) is 1. The molecule has 0 unspecified atom stereocenters. The summed E-state index contributed by atoms with van der Waals surface area (Å²) in [5.74, 6) is 1.49. The number of aromatic nitrogens is 1. The van der Waals surface area contributed by atoms with Crippen LogP contribution >= 0.6 is 0 Å². The van der Waals surface area contributed by atoms with Crippen molar-refractivity contribution in [3.8, 4) is 72.8 Å². The summed E-state index contributed by atoms with van der Waals surface area (Å²) in [7, 11) is 0. The molecule has 0 amide bonds. The zero-order valence-electron chi connectivity index (χ0n) is 58.4. The molecule has 0 atom stereocenters. The third kappa shape index (κ3) is 13.3. The molecule has 0 aliphatic carbocycles. The summed E-state index contributed by atoms with van der Waals surface area (Å²) in [6.07, 6.45) is 0. The molecule has 0 radical (unpaired) electrons. The summed E-state index contributed by atoms with van der Waals surface area (Å²) in [6, 6.07) is 91.1. The van der Waals surface area contributed by atoms with Crippen LogP contribution < -0.4 is 9.64 Å². The van der Waals surface area contributed by atoms with Crippen LogP contribution in [0.2, 0.25) is 0 Å². The third-order valence-electron chi connectivity index (χ3n) is 18.7. The molecule has 0 saturated carbocycles. The first-order chi connectivity index (χ1) is 43.9. The van der Waals surface area contributed by atoms with Crippen molar-refractivity contribution in [2.24, 2.45) is 0 Å². The van der Waals surface area contributed by atoms with Crippen molar-refractivity contribution in [2.75, 3.05) is 4.90 Å². The number of anilines is 3. The minimum Gasteiger partial charge on any atom is -0.457 e. The Balaban J connectivity index is 1.20. The van der Waals surface area contributed by atoms with Gasteiger partial charge in [-0.05, 0) is 171 Å². The van der Waals surface area contributed by atoms with Crippen LogP contribution in [-0.2, 0) is 32.5 Å². The molecule has 12 aromatic rings. The Hall–Kier alpha value is -9.18. The van der Waals surface area contributed by atoms with Crippen molar-refractivity contribution in [3.63, 3.8) is 0 Å². The van der Waals surface area contributed by atoms with Gasteiger partial charge in [0.15, 0.2) is 0 Å². The van der Waals surface area contributed by atoms with Crippen LogP contribution in [0.3, 0.4) is 0 Å². The fourth-order valence-corrected chi connectivity index (χ4v) is 12.9. The lowest BCUT2D eigenvalue weighted by molar-refractivity contribution is 0.483. The summed E-state index contributed by atoms with van der Waals surface area (Å²) in [5.41, 5.74) is 25.2. The Morgan fingerprint density at radius 2 is 0.688 bits per heavy atom. The van der Waals surface area contributed by atoms with E-state index in [9.17, 15) is 0 Å². The molecular weight excluding hydrogens is 1130 g/mol. The van der Waals surface area contributed by atoms with Crippen LogP contribution in [0.4, 0.5) is 17.1 Å². The predicted octanol–water partition coefficient (Wildman–Crippen LogP) is 26.2. The number of hydrogen-bond acceptors (Lipinski definition) is 2. The van der Waals surface area contributed by atoms with Crippen molar-refractivity contribution in [2.45, 2.75) is 157 Å². The van der Waals surface area contributed by atoms with E-state index in [1.807, 2.05) is 0 Å². The molecule has 11 aromatic carbocycles. The summed E-state index contributed by atoms with van der Waals surface area (Å²) in [4.78, 5) is 2.56. The maximum Gasteiger partial charge on any atom is 0.130 e. The lowest BCUT2D eigenvalue weighted by Crippen LogP contribution is -2.17. The molecule has 1 heterocycles. The van der Waals surface area contributed by atoms with Gasteiger partial charge in [0.1, 0.15) is 11.5 Å². The molecule has 1 aromatic heterocycles. The van der Waals surface area contributed by atoms with E-state index in [2.05, 4.69) is 377 Å². The van der Waals surface area contributed by atoms with Crippen molar-refractivity contribution in [1.29, 1.82) is 0 Å². The Bertz CT molecular complexity index is 4610. The average Bonchev–Trinajstić information content (AvgIpc) is 1.61. The second kappa shape index (κ2) is 24.1. The monoisotopic (exact) mass is 1220 g/mol. The normalized spacial score (nSPS) is 12.6. The van der Waals surface area contributed by atoms with Gasteiger partial charge in [-0.1, -0.05) is 301 Å². The van der Waals surface area contributed by atoms with E-state index in [4.69, 9.17) is 4.74 Å². The van der Waals surface area contributed by atoms with E-state index in [-0.39, 0.29) is 32.5 Å². The molecule has 3 nitrogen and oxygen atoms in total. The number of nitrogens with zero attached hydrogens (tertiary/aromatic N) is 2. The van der Waals surface area contributed by atoms with Gasteiger partial charge in [0.05, 0.1) is 22.4 Å². The topological polar surface area (TPSA) is 17.4 Å². The second-order valence-corrected chi connectivity index (χ2v) is 32.1. The van der Waals surface area contributed by atoms with Gasteiger partial charge in [-0.15, -0.1) is 0 Å². The molecule has 93 heavy (non-hydrogen) atoms. The van der Waals surface area contributed by atoms with Gasteiger partial charge in [-0.25, -0.2) is 0 Å². The fourth-order valence-electron chi connectivity index (χ4n) is 12.9. The van der Waals surface area contributed by atoms with Crippen LogP contribution in [0, 0.1) is 0 Å². The van der Waals surface area contributed by atoms with Crippen LogP contribution in [0.1, 0.15) is 158 Å². The lowest BCUT2D eigenvalue weighted by atomic mass is 9.79. The van der Waals surface area contributed by atoms with E-state index < -0.39 is 0 Å². The molecule has 0 N–H and O–H groups in total. The summed E-state index contributed by atoms with van der Waals surface area (Å²) < 4.78 is 9.87. The Labute approximate surface area is 555 Å². The zero-order valence-corrected chi connectivity index (χ0v) is 58.4. The van der Waals surface area contributed by atoms with E-state index in [0.717, 1.165) is 89.8 Å². The first-order valence-electron chi connectivity index (χ1n) is 33.5. The highest BCUT2D eigenvalue weighted by molar-refractivity contribution is 6.22. The Kier molecular flexibility index (Phi) is 16.5. The smallest absolute Gasteiger partial charge is 0.130 e. The number of rotatable bonds is 11. The SMILES string of the molecule is CC(C)(C)c1cc(-c2ccc(Oc3cc(-c4cc(C(C)(C)C)cc(C(C)(C)C)c4)cc(N(c4cccc(-c5cc(C(C)(C)C)cc(C(C)(C)C)c5)c4)c4c(-c5ccccc5)cc5c(c4-c4ccccc4)c4ccccc4n5-c4ccccc4)c3)cc2)cc(C(C)(C)C)c1. The standard InChI is InChI=1S/C90H94N2O/c1-85(2,3)67-45-63(46-68(54-67)86(4,5)6)59-41-43-76(44-42-59)93-77-53-66(65-49-71(89(13,14)15)56-72(50-65)90(16,17)18)52-75(57-77)91(74-38-30-35-62(51-74)64-47-69(87(7,8)9)55-70(48-64)88(10,11)12)84-79(60-31-22-19-23-32-60)58-81-83(82(84)61-33-24-20-25-34-61)78-39-28-29-40-80(78)92(81)73-36-26-21-27-37-73/h19-58H,1-18H3. The van der Waals surface area contributed by atoms with Gasteiger partial charge in [0.25, 0.3) is 0 Å². The number of para-hydroxylation sites is 2. The molecule has 12 rings (SSSR count). The van der Waals surface area contributed by atoms with Crippen molar-refractivity contribution >= 4 is 38.9 Å². The molecule has 0 bridgehead atoms. The maximum atomic E-state index is 7.41. The van der Waals surface area contributed by atoms with E-state index in [0.29, 0.717) is 0 Å². The van der Waals surface area contributed by atoms with Crippen molar-refractivity contribution in [1.82, 2.24) is 4.57 Å². The zero-order chi connectivity index (χ0) is 66.2. The van der Waals surface area contributed by atoms with Gasteiger partial charge >= 0.3 is 0 Å². The average molecular weight is 1220 g/mol.